The maximum Gasteiger partial charge on any atom is 0.318 e. The molecule has 7 heteroatoms. The summed E-state index contributed by atoms with van der Waals surface area (Å²) in [6, 6.07) is 7.52. The van der Waals surface area contributed by atoms with Gasteiger partial charge in [-0.25, -0.2) is 9.78 Å². The third-order valence-electron chi connectivity index (χ3n) is 4.73. The molecule has 3 rings (SSSR count). The van der Waals surface area contributed by atoms with E-state index in [2.05, 4.69) is 16.4 Å². The van der Waals surface area contributed by atoms with Crippen molar-refractivity contribution in [3.05, 3.63) is 47.3 Å². The molecule has 0 aliphatic carbocycles. The SMILES string of the molecule is CN(C)c1ncc(CNC(=O)N2CCc3ccccc3[C@@H]2CO)n1C. The van der Waals surface area contributed by atoms with Crippen molar-refractivity contribution in [1.29, 1.82) is 0 Å². The number of benzene rings is 1. The monoisotopic (exact) mass is 343 g/mol. The number of aliphatic hydroxyl groups excluding tert-OH is 1. The molecule has 1 aliphatic rings. The normalized spacial score (nSPS) is 16.5. The minimum absolute atomic E-state index is 0.0824. The summed E-state index contributed by atoms with van der Waals surface area (Å²) in [7, 11) is 5.79. The van der Waals surface area contributed by atoms with Crippen LogP contribution in [0.5, 0.6) is 0 Å². The fraction of sp³-hybridized carbons (Fsp3) is 0.444. The summed E-state index contributed by atoms with van der Waals surface area (Å²) in [6.07, 6.45) is 2.57. The van der Waals surface area contributed by atoms with Gasteiger partial charge in [0, 0.05) is 27.7 Å². The average molecular weight is 343 g/mol. The lowest BCUT2D eigenvalue weighted by atomic mass is 9.93. The second-order valence-electron chi connectivity index (χ2n) is 6.50. The van der Waals surface area contributed by atoms with Crippen LogP contribution in [0.15, 0.2) is 30.5 Å². The Morgan fingerprint density at radius 2 is 2.16 bits per heavy atom. The van der Waals surface area contributed by atoms with Gasteiger partial charge in [-0.15, -0.1) is 0 Å². The molecule has 0 bridgehead atoms. The Balaban J connectivity index is 1.69. The third-order valence-corrected chi connectivity index (χ3v) is 4.73. The van der Waals surface area contributed by atoms with E-state index in [1.807, 2.05) is 48.8 Å². The molecule has 1 atom stereocenters. The molecule has 134 valence electrons. The van der Waals surface area contributed by atoms with Gasteiger partial charge < -0.3 is 24.8 Å². The summed E-state index contributed by atoms with van der Waals surface area (Å²) in [6.45, 7) is 0.912. The highest BCUT2D eigenvalue weighted by Crippen LogP contribution is 2.29. The van der Waals surface area contributed by atoms with E-state index in [1.54, 1.807) is 11.1 Å². The van der Waals surface area contributed by atoms with Gasteiger partial charge in [0.1, 0.15) is 0 Å². The first kappa shape index (κ1) is 17.3. The quantitative estimate of drug-likeness (QED) is 0.877. The predicted octanol–water partition coefficient (Wildman–Crippen LogP) is 1.29. The van der Waals surface area contributed by atoms with Crippen molar-refractivity contribution in [1.82, 2.24) is 19.8 Å². The number of hydrogen-bond acceptors (Lipinski definition) is 4. The Bertz CT molecular complexity index is 756. The minimum Gasteiger partial charge on any atom is -0.394 e. The summed E-state index contributed by atoms with van der Waals surface area (Å²) in [5.74, 6) is 0.837. The highest BCUT2D eigenvalue weighted by molar-refractivity contribution is 5.75. The van der Waals surface area contributed by atoms with Crippen molar-refractivity contribution in [3.8, 4) is 0 Å². The predicted molar refractivity (Wildman–Crippen MR) is 96.4 cm³/mol. The van der Waals surface area contributed by atoms with Gasteiger partial charge in [0.15, 0.2) is 0 Å². The number of nitrogens with one attached hydrogen (secondary N) is 1. The van der Waals surface area contributed by atoms with Crippen LogP contribution in [-0.4, -0.2) is 52.8 Å². The number of nitrogens with zero attached hydrogens (tertiary/aromatic N) is 4. The number of aromatic nitrogens is 2. The highest BCUT2D eigenvalue weighted by atomic mass is 16.3. The van der Waals surface area contributed by atoms with Gasteiger partial charge in [0.2, 0.25) is 5.95 Å². The van der Waals surface area contributed by atoms with Crippen LogP contribution in [0.4, 0.5) is 10.7 Å². The van der Waals surface area contributed by atoms with E-state index in [1.165, 1.54) is 5.56 Å². The van der Waals surface area contributed by atoms with E-state index in [9.17, 15) is 9.90 Å². The van der Waals surface area contributed by atoms with E-state index in [4.69, 9.17) is 0 Å². The topological polar surface area (TPSA) is 73.6 Å². The van der Waals surface area contributed by atoms with Crippen LogP contribution in [0.25, 0.3) is 0 Å². The zero-order valence-corrected chi connectivity index (χ0v) is 14.9. The molecule has 0 spiro atoms. The Labute approximate surface area is 147 Å². The fourth-order valence-electron chi connectivity index (χ4n) is 3.37. The number of carbonyl (C=O) groups excluding carboxylic acids is 1. The fourth-order valence-corrected chi connectivity index (χ4v) is 3.37. The molecular formula is C18H25N5O2. The van der Waals surface area contributed by atoms with Gasteiger partial charge in [0.05, 0.1) is 31.1 Å². The van der Waals surface area contributed by atoms with Crippen molar-refractivity contribution >= 4 is 12.0 Å². The summed E-state index contributed by atoms with van der Waals surface area (Å²) in [5.41, 5.74) is 3.16. The average Bonchev–Trinajstić information content (AvgIpc) is 2.99. The van der Waals surface area contributed by atoms with Crippen molar-refractivity contribution in [2.24, 2.45) is 7.05 Å². The highest BCUT2D eigenvalue weighted by Gasteiger charge is 2.30. The van der Waals surface area contributed by atoms with Crippen LogP contribution >= 0.6 is 0 Å². The van der Waals surface area contributed by atoms with Gasteiger partial charge in [0.25, 0.3) is 0 Å². The number of hydrogen-bond donors (Lipinski definition) is 2. The van der Waals surface area contributed by atoms with Crippen LogP contribution in [0.1, 0.15) is 22.9 Å². The molecule has 0 fully saturated rings. The Kier molecular flexibility index (Phi) is 4.94. The van der Waals surface area contributed by atoms with Crippen molar-refractivity contribution < 1.29 is 9.90 Å². The largest absolute Gasteiger partial charge is 0.394 e. The molecule has 2 amide bonds. The number of urea groups is 1. The van der Waals surface area contributed by atoms with Crippen LogP contribution in [0.3, 0.4) is 0 Å². The molecule has 2 aromatic rings. The Morgan fingerprint density at radius 1 is 1.40 bits per heavy atom. The van der Waals surface area contributed by atoms with Gasteiger partial charge >= 0.3 is 6.03 Å². The van der Waals surface area contributed by atoms with Crippen molar-refractivity contribution in [3.63, 3.8) is 0 Å². The summed E-state index contributed by atoms with van der Waals surface area (Å²) in [5, 5.41) is 12.8. The molecule has 0 saturated carbocycles. The molecule has 2 N–H and O–H groups in total. The lowest BCUT2D eigenvalue weighted by Gasteiger charge is -2.36. The van der Waals surface area contributed by atoms with Crippen molar-refractivity contribution in [2.45, 2.75) is 19.0 Å². The first-order valence-electron chi connectivity index (χ1n) is 8.44. The lowest BCUT2D eigenvalue weighted by molar-refractivity contribution is 0.126. The van der Waals surface area contributed by atoms with E-state index in [-0.39, 0.29) is 18.7 Å². The standard InChI is InChI=1S/C18H25N5O2/c1-21(2)17-19-10-14(22(17)3)11-20-18(25)23-9-8-13-6-4-5-7-15(13)16(23)12-24/h4-7,10,16,24H,8-9,11-12H2,1-3H3,(H,20,25)/t16-/m0/s1. The van der Waals surface area contributed by atoms with Crippen LogP contribution in [0.2, 0.25) is 0 Å². The number of amides is 2. The Hall–Kier alpha value is -2.54. The number of imidazole rings is 1. The molecule has 0 radical (unpaired) electrons. The summed E-state index contributed by atoms with van der Waals surface area (Å²) < 4.78 is 1.95. The van der Waals surface area contributed by atoms with Gasteiger partial charge in [-0.3, -0.25) is 0 Å². The molecular weight excluding hydrogens is 318 g/mol. The summed E-state index contributed by atoms with van der Waals surface area (Å²) in [4.78, 5) is 20.7. The van der Waals surface area contributed by atoms with E-state index < -0.39 is 0 Å². The molecule has 1 aromatic heterocycles. The van der Waals surface area contributed by atoms with Crippen molar-refractivity contribution in [2.75, 3.05) is 32.1 Å². The van der Waals surface area contributed by atoms with Crippen LogP contribution < -0.4 is 10.2 Å². The molecule has 7 nitrogen and oxygen atoms in total. The molecule has 0 unspecified atom stereocenters. The summed E-state index contributed by atoms with van der Waals surface area (Å²) >= 11 is 0. The zero-order chi connectivity index (χ0) is 18.0. The Morgan fingerprint density at radius 3 is 2.84 bits per heavy atom. The first-order chi connectivity index (χ1) is 12.0. The second kappa shape index (κ2) is 7.14. The molecule has 25 heavy (non-hydrogen) atoms. The molecule has 0 saturated heterocycles. The van der Waals surface area contributed by atoms with Gasteiger partial charge in [-0.2, -0.15) is 0 Å². The number of rotatable bonds is 4. The molecule has 2 heterocycles. The van der Waals surface area contributed by atoms with E-state index in [0.29, 0.717) is 13.1 Å². The molecule has 1 aromatic carbocycles. The third kappa shape index (κ3) is 3.32. The van der Waals surface area contributed by atoms with Gasteiger partial charge in [-0.05, 0) is 17.5 Å². The smallest absolute Gasteiger partial charge is 0.318 e. The van der Waals surface area contributed by atoms with Gasteiger partial charge in [-0.1, -0.05) is 24.3 Å². The van der Waals surface area contributed by atoms with E-state index >= 15 is 0 Å². The molecule has 1 aliphatic heterocycles. The van der Waals surface area contributed by atoms with Crippen LogP contribution in [-0.2, 0) is 20.0 Å². The minimum atomic E-state index is -0.297. The van der Waals surface area contributed by atoms with E-state index in [0.717, 1.165) is 23.6 Å². The number of carbonyl (C=O) groups is 1. The lowest BCUT2D eigenvalue weighted by Crippen LogP contribution is -2.46. The number of fused-ring (bicyclic) bond motifs is 1. The first-order valence-corrected chi connectivity index (χ1v) is 8.44. The second-order valence-corrected chi connectivity index (χ2v) is 6.50. The number of aliphatic hydroxyl groups is 1. The maximum atomic E-state index is 12.7. The number of anilines is 1. The maximum absolute atomic E-state index is 12.7. The van der Waals surface area contributed by atoms with Crippen LogP contribution in [0, 0.1) is 0 Å². The zero-order valence-electron chi connectivity index (χ0n) is 14.9.